The maximum Gasteiger partial charge on any atom is 0.259 e. The minimum absolute atomic E-state index is 0.137. The molecule has 194 valence electrons. The second-order valence-electron chi connectivity index (χ2n) is 10.3. The van der Waals surface area contributed by atoms with Crippen molar-refractivity contribution in [1.82, 2.24) is 14.4 Å². The number of pyridine rings is 1. The molecule has 6 nitrogen and oxygen atoms in total. The van der Waals surface area contributed by atoms with Gasteiger partial charge in [-0.2, -0.15) is 0 Å². The average Bonchev–Trinajstić information content (AvgIpc) is 2.92. The lowest BCUT2D eigenvalue weighted by Gasteiger charge is -2.41. The number of benzene rings is 2. The summed E-state index contributed by atoms with van der Waals surface area (Å²) in [4.78, 5) is 31.0. The Morgan fingerprint density at radius 3 is 2.43 bits per heavy atom. The van der Waals surface area contributed by atoms with Gasteiger partial charge in [0.1, 0.15) is 11.3 Å². The van der Waals surface area contributed by atoms with E-state index in [1.54, 1.807) is 13.2 Å². The molecular formula is C31H37N3O3. The quantitative estimate of drug-likeness (QED) is 0.514. The molecule has 2 heterocycles. The fraction of sp³-hybridized carbons (Fsp3) is 0.419. The normalized spacial score (nSPS) is 17.9. The number of aryl methyl sites for hydroxylation is 3. The van der Waals surface area contributed by atoms with Gasteiger partial charge in [-0.25, -0.2) is 0 Å². The van der Waals surface area contributed by atoms with E-state index >= 15 is 0 Å². The number of hydrogen-bond donors (Lipinski definition) is 0. The molecule has 2 aliphatic rings. The Morgan fingerprint density at radius 2 is 1.68 bits per heavy atom. The van der Waals surface area contributed by atoms with Crippen LogP contribution in [-0.4, -0.2) is 59.6 Å². The number of hydrogen-bond acceptors (Lipinski definition) is 4. The largest absolute Gasteiger partial charge is 0.496 e. The Bertz CT molecular complexity index is 1340. The molecule has 1 atom stereocenters. The highest BCUT2D eigenvalue weighted by Gasteiger charge is 2.30. The first-order valence-electron chi connectivity index (χ1n) is 13.4. The van der Waals surface area contributed by atoms with Gasteiger partial charge in [0.2, 0.25) is 0 Å². The van der Waals surface area contributed by atoms with Crippen LogP contribution in [0.1, 0.15) is 44.9 Å². The monoisotopic (exact) mass is 499 g/mol. The topological polar surface area (TPSA) is 54.8 Å². The first kappa shape index (κ1) is 25.3. The first-order valence-corrected chi connectivity index (χ1v) is 13.4. The molecule has 1 aliphatic carbocycles. The predicted molar refractivity (Wildman–Crippen MR) is 147 cm³/mol. The van der Waals surface area contributed by atoms with Crippen molar-refractivity contribution in [3.8, 4) is 5.75 Å². The zero-order valence-electron chi connectivity index (χ0n) is 22.2. The van der Waals surface area contributed by atoms with Crippen LogP contribution >= 0.6 is 0 Å². The highest BCUT2D eigenvalue weighted by molar-refractivity contribution is 5.95. The van der Waals surface area contributed by atoms with Crippen LogP contribution in [0.25, 0.3) is 0 Å². The summed E-state index contributed by atoms with van der Waals surface area (Å²) in [6, 6.07) is 18.9. The molecule has 3 aromatic rings. The van der Waals surface area contributed by atoms with Crippen LogP contribution in [0.2, 0.25) is 0 Å². The van der Waals surface area contributed by atoms with Crippen molar-refractivity contribution in [2.24, 2.45) is 0 Å². The Labute approximate surface area is 219 Å². The van der Waals surface area contributed by atoms with E-state index in [1.165, 1.54) is 17.5 Å². The zero-order chi connectivity index (χ0) is 25.9. The third kappa shape index (κ3) is 5.21. The van der Waals surface area contributed by atoms with Gasteiger partial charge >= 0.3 is 0 Å². The molecule has 2 aromatic carbocycles. The molecule has 0 bridgehead atoms. The van der Waals surface area contributed by atoms with Gasteiger partial charge in [0.05, 0.1) is 7.11 Å². The summed E-state index contributed by atoms with van der Waals surface area (Å²) in [5.74, 6) is 0.719. The zero-order valence-corrected chi connectivity index (χ0v) is 22.2. The molecule has 0 saturated carbocycles. The van der Waals surface area contributed by atoms with Gasteiger partial charge in [-0.05, 0) is 62.3 Å². The van der Waals surface area contributed by atoms with Crippen molar-refractivity contribution in [1.29, 1.82) is 0 Å². The molecule has 0 radical (unpaired) electrons. The van der Waals surface area contributed by atoms with Gasteiger partial charge in [-0.3, -0.25) is 14.5 Å². The second-order valence-corrected chi connectivity index (χ2v) is 10.3. The number of nitrogens with zero attached hydrogens (tertiary/aromatic N) is 3. The Hall–Kier alpha value is -3.38. The molecule has 1 aliphatic heterocycles. The lowest BCUT2D eigenvalue weighted by atomic mass is 9.87. The van der Waals surface area contributed by atoms with Crippen molar-refractivity contribution in [3.05, 3.63) is 98.5 Å². The van der Waals surface area contributed by atoms with Crippen LogP contribution in [0, 0.1) is 13.8 Å². The standard InChI is InChI=1S/C31H37N3O3/c1-22-20-28(35)30(23(2)34(22)15-14-25-9-6-7-11-29(25)37-3)31(36)33-18-16-32(17-19-33)27-13-12-24-8-4-5-10-26(24)21-27/h4-11,20,27H,12-19,21H2,1-3H3. The van der Waals surface area contributed by atoms with Crippen LogP contribution in [0.3, 0.4) is 0 Å². The van der Waals surface area contributed by atoms with Gasteiger partial charge in [-0.15, -0.1) is 0 Å². The van der Waals surface area contributed by atoms with E-state index in [-0.39, 0.29) is 11.3 Å². The van der Waals surface area contributed by atoms with Gasteiger partial charge in [0.25, 0.3) is 5.91 Å². The van der Waals surface area contributed by atoms with Crippen LogP contribution in [-0.2, 0) is 25.8 Å². The van der Waals surface area contributed by atoms with Crippen molar-refractivity contribution in [2.45, 2.75) is 52.1 Å². The summed E-state index contributed by atoms with van der Waals surface area (Å²) >= 11 is 0. The lowest BCUT2D eigenvalue weighted by Crippen LogP contribution is -2.53. The molecule has 1 saturated heterocycles. The number of para-hydroxylation sites is 1. The molecule has 1 unspecified atom stereocenters. The van der Waals surface area contributed by atoms with Crippen molar-refractivity contribution in [2.75, 3.05) is 33.3 Å². The fourth-order valence-corrected chi connectivity index (χ4v) is 6.10. The first-order chi connectivity index (χ1) is 18.0. The second kappa shape index (κ2) is 10.9. The number of carbonyl (C=O) groups excluding carboxylic acids is 1. The van der Waals surface area contributed by atoms with E-state index in [0.29, 0.717) is 31.2 Å². The molecular weight excluding hydrogens is 462 g/mol. The van der Waals surface area contributed by atoms with E-state index in [2.05, 4.69) is 39.8 Å². The van der Waals surface area contributed by atoms with E-state index in [0.717, 1.165) is 55.1 Å². The highest BCUT2D eigenvalue weighted by atomic mass is 16.5. The molecule has 0 spiro atoms. The van der Waals surface area contributed by atoms with Gasteiger partial charge in [-0.1, -0.05) is 42.5 Å². The summed E-state index contributed by atoms with van der Waals surface area (Å²) < 4.78 is 7.59. The molecule has 37 heavy (non-hydrogen) atoms. The number of ether oxygens (including phenoxy) is 1. The summed E-state index contributed by atoms with van der Waals surface area (Å²) in [7, 11) is 1.68. The van der Waals surface area contributed by atoms with Crippen LogP contribution in [0.15, 0.2) is 59.4 Å². The summed E-state index contributed by atoms with van der Waals surface area (Å²) in [6.45, 7) is 7.54. The maximum atomic E-state index is 13.6. The third-order valence-corrected chi connectivity index (χ3v) is 8.23. The summed E-state index contributed by atoms with van der Waals surface area (Å²) in [5.41, 5.74) is 5.79. The Kier molecular flexibility index (Phi) is 7.47. The lowest BCUT2D eigenvalue weighted by molar-refractivity contribution is 0.0550. The highest BCUT2D eigenvalue weighted by Crippen LogP contribution is 2.26. The molecule has 0 N–H and O–H groups in total. The van der Waals surface area contributed by atoms with Crippen molar-refractivity contribution < 1.29 is 9.53 Å². The number of amides is 1. The molecule has 5 rings (SSSR count). The minimum Gasteiger partial charge on any atom is -0.496 e. The van der Waals surface area contributed by atoms with Crippen LogP contribution in [0.5, 0.6) is 5.75 Å². The fourth-order valence-electron chi connectivity index (χ4n) is 6.10. The molecule has 1 aromatic heterocycles. The third-order valence-electron chi connectivity index (χ3n) is 8.23. The number of aromatic nitrogens is 1. The van der Waals surface area contributed by atoms with Gasteiger partial charge in [0, 0.05) is 56.2 Å². The number of rotatable bonds is 6. The maximum absolute atomic E-state index is 13.6. The van der Waals surface area contributed by atoms with Crippen LogP contribution < -0.4 is 10.2 Å². The number of carbonyl (C=O) groups is 1. The number of piperazine rings is 1. The summed E-state index contributed by atoms with van der Waals surface area (Å²) in [5, 5.41) is 0. The number of fused-ring (bicyclic) bond motifs is 1. The molecule has 6 heteroatoms. The average molecular weight is 500 g/mol. The Morgan fingerprint density at radius 1 is 0.973 bits per heavy atom. The molecule has 1 amide bonds. The molecule has 1 fully saturated rings. The summed E-state index contributed by atoms with van der Waals surface area (Å²) in [6.07, 6.45) is 4.12. The minimum atomic E-state index is -0.181. The smallest absolute Gasteiger partial charge is 0.259 e. The van der Waals surface area contributed by atoms with E-state index in [1.807, 2.05) is 36.9 Å². The van der Waals surface area contributed by atoms with Gasteiger partial charge < -0.3 is 14.2 Å². The SMILES string of the molecule is COc1ccccc1CCn1c(C)cc(=O)c(C(=O)N2CCN(C3CCc4ccccc4C3)CC2)c1C. The van der Waals surface area contributed by atoms with Crippen LogP contribution in [0.4, 0.5) is 0 Å². The Balaban J connectivity index is 1.27. The number of methoxy groups -OCH3 is 1. The predicted octanol–water partition coefficient (Wildman–Crippen LogP) is 4.03. The van der Waals surface area contributed by atoms with Gasteiger partial charge in [0.15, 0.2) is 5.43 Å². The van der Waals surface area contributed by atoms with Crippen molar-refractivity contribution in [3.63, 3.8) is 0 Å². The van der Waals surface area contributed by atoms with Crippen molar-refractivity contribution >= 4 is 5.91 Å². The van der Waals surface area contributed by atoms with E-state index in [4.69, 9.17) is 4.74 Å². The van der Waals surface area contributed by atoms with E-state index < -0.39 is 0 Å². The van der Waals surface area contributed by atoms with E-state index in [9.17, 15) is 9.59 Å².